The monoisotopic (exact) mass is 422 g/mol. The Labute approximate surface area is 181 Å². The molecule has 0 atom stereocenters. The molecule has 2 heterocycles. The smallest absolute Gasteiger partial charge is 0.227 e. The topological polar surface area (TPSA) is 67.3 Å². The lowest BCUT2D eigenvalue weighted by atomic mass is 9.99. The van der Waals surface area contributed by atoms with E-state index in [-0.39, 0.29) is 17.5 Å². The summed E-state index contributed by atoms with van der Waals surface area (Å²) >= 11 is 0. The Kier molecular flexibility index (Phi) is 5.87. The van der Waals surface area contributed by atoms with Crippen molar-refractivity contribution in [1.29, 1.82) is 0 Å². The number of ether oxygens (including phenoxy) is 1. The fourth-order valence-corrected chi connectivity index (χ4v) is 3.85. The largest absolute Gasteiger partial charge is 0.490 e. The summed E-state index contributed by atoms with van der Waals surface area (Å²) in [6.07, 6.45) is 4.31. The Balaban J connectivity index is 1.54. The molecular weight excluding hydrogens is 395 g/mol. The van der Waals surface area contributed by atoms with Crippen LogP contribution in [0.3, 0.4) is 0 Å². The molecule has 1 aliphatic heterocycles. The van der Waals surface area contributed by atoms with Crippen LogP contribution < -0.4 is 10.1 Å². The molecule has 1 saturated heterocycles. The van der Waals surface area contributed by atoms with Crippen LogP contribution in [0, 0.1) is 5.82 Å². The van der Waals surface area contributed by atoms with Gasteiger partial charge in [0.1, 0.15) is 17.7 Å². The molecule has 0 radical (unpaired) electrons. The summed E-state index contributed by atoms with van der Waals surface area (Å²) < 4.78 is 19.7. The van der Waals surface area contributed by atoms with Crippen molar-refractivity contribution in [2.75, 3.05) is 18.4 Å². The normalized spacial score (nSPS) is 15.7. The molecule has 0 bridgehead atoms. The highest BCUT2D eigenvalue weighted by Gasteiger charge is 2.28. The van der Waals surface area contributed by atoms with Crippen molar-refractivity contribution in [3.8, 4) is 5.75 Å². The summed E-state index contributed by atoms with van der Waals surface area (Å²) in [4.78, 5) is 22.9. The molecule has 0 spiro atoms. The van der Waals surface area contributed by atoms with Gasteiger partial charge in [0.15, 0.2) is 6.29 Å². The second-order valence-corrected chi connectivity index (χ2v) is 8.87. The lowest BCUT2D eigenvalue weighted by molar-refractivity contribution is 0.0489. The number of fused-ring (bicyclic) bond motifs is 1. The van der Waals surface area contributed by atoms with E-state index in [2.05, 4.69) is 41.0 Å². The molecule has 0 unspecified atom stereocenters. The number of anilines is 2. The van der Waals surface area contributed by atoms with Gasteiger partial charge in [0, 0.05) is 42.0 Å². The zero-order valence-corrected chi connectivity index (χ0v) is 18.1. The number of hydrogen-bond donors (Lipinski definition) is 1. The van der Waals surface area contributed by atoms with Gasteiger partial charge < -0.3 is 10.1 Å². The third-order valence-corrected chi connectivity index (χ3v) is 5.60. The summed E-state index contributed by atoms with van der Waals surface area (Å²) in [5, 5.41) is 3.74. The third-order valence-electron chi connectivity index (χ3n) is 5.60. The molecule has 0 saturated carbocycles. The Morgan fingerprint density at radius 2 is 1.97 bits per heavy atom. The van der Waals surface area contributed by atoms with Crippen LogP contribution in [0.25, 0.3) is 10.9 Å². The van der Waals surface area contributed by atoms with Gasteiger partial charge in [-0.3, -0.25) is 9.69 Å². The first-order valence-electron chi connectivity index (χ1n) is 10.5. The number of aldehydes is 1. The van der Waals surface area contributed by atoms with E-state index >= 15 is 0 Å². The summed E-state index contributed by atoms with van der Waals surface area (Å²) in [7, 11) is 0. The quantitative estimate of drug-likeness (QED) is 0.586. The van der Waals surface area contributed by atoms with Crippen LogP contribution in [-0.2, 0) is 0 Å². The van der Waals surface area contributed by atoms with Gasteiger partial charge in [0.05, 0.1) is 11.1 Å². The Morgan fingerprint density at radius 1 is 1.19 bits per heavy atom. The number of likely N-dealkylation sites (tertiary alicyclic amines) is 1. The lowest BCUT2D eigenvalue weighted by Crippen LogP contribution is -2.48. The van der Waals surface area contributed by atoms with Gasteiger partial charge >= 0.3 is 0 Å². The van der Waals surface area contributed by atoms with Gasteiger partial charge in [-0.05, 0) is 57.9 Å². The molecule has 1 aliphatic rings. The molecule has 3 aromatic rings. The predicted molar refractivity (Wildman–Crippen MR) is 120 cm³/mol. The zero-order chi connectivity index (χ0) is 22.0. The standard InChI is InChI=1S/C24H27FN4O2/c1-24(2,3)29-9-7-20(8-10-29)31-22-13-21-16(11-17(22)15-30)14-26-23(28-21)27-19-6-4-5-18(25)12-19/h4-6,11-15,20H,7-10H2,1-3H3,(H,26,27,28). The van der Waals surface area contributed by atoms with Crippen molar-refractivity contribution in [1.82, 2.24) is 14.9 Å². The SMILES string of the molecule is CC(C)(C)N1CCC(Oc2cc3nc(Nc4cccc(F)c4)ncc3cc2C=O)CC1. The Morgan fingerprint density at radius 3 is 2.65 bits per heavy atom. The molecule has 0 amide bonds. The fraction of sp³-hybridized carbons (Fsp3) is 0.375. The number of nitrogens with zero attached hydrogens (tertiary/aromatic N) is 3. The van der Waals surface area contributed by atoms with E-state index in [1.807, 2.05) is 0 Å². The number of piperidine rings is 1. The van der Waals surface area contributed by atoms with Crippen molar-refractivity contribution in [3.05, 3.63) is 54.0 Å². The first-order valence-corrected chi connectivity index (χ1v) is 10.5. The minimum absolute atomic E-state index is 0.0569. The molecule has 1 fully saturated rings. The van der Waals surface area contributed by atoms with E-state index < -0.39 is 0 Å². The van der Waals surface area contributed by atoms with Crippen LogP contribution in [-0.4, -0.2) is 45.9 Å². The fourth-order valence-electron chi connectivity index (χ4n) is 3.85. The maximum atomic E-state index is 13.4. The average Bonchev–Trinajstić information content (AvgIpc) is 2.73. The molecule has 2 aromatic carbocycles. The molecule has 4 rings (SSSR count). The van der Waals surface area contributed by atoms with Crippen LogP contribution in [0.15, 0.2) is 42.6 Å². The molecule has 1 aromatic heterocycles. The second kappa shape index (κ2) is 8.59. The molecule has 7 heteroatoms. The minimum Gasteiger partial charge on any atom is -0.490 e. The molecule has 162 valence electrons. The van der Waals surface area contributed by atoms with Crippen LogP contribution in [0.2, 0.25) is 0 Å². The van der Waals surface area contributed by atoms with Gasteiger partial charge in [-0.15, -0.1) is 0 Å². The van der Waals surface area contributed by atoms with Crippen LogP contribution in [0.5, 0.6) is 5.75 Å². The average molecular weight is 423 g/mol. The van der Waals surface area contributed by atoms with Crippen LogP contribution in [0.1, 0.15) is 44.0 Å². The van der Waals surface area contributed by atoms with E-state index in [4.69, 9.17) is 4.74 Å². The van der Waals surface area contributed by atoms with E-state index in [0.29, 0.717) is 28.5 Å². The number of halogens is 1. The predicted octanol–water partition coefficient (Wildman–Crippen LogP) is 4.97. The van der Waals surface area contributed by atoms with Crippen LogP contribution >= 0.6 is 0 Å². The van der Waals surface area contributed by atoms with Gasteiger partial charge in [0.25, 0.3) is 0 Å². The minimum atomic E-state index is -0.338. The molecule has 1 N–H and O–H groups in total. The van der Waals surface area contributed by atoms with Gasteiger partial charge in [-0.2, -0.15) is 0 Å². The number of carbonyl (C=O) groups is 1. The van der Waals surface area contributed by atoms with Crippen molar-refractivity contribution in [3.63, 3.8) is 0 Å². The maximum absolute atomic E-state index is 13.4. The zero-order valence-electron chi connectivity index (χ0n) is 18.1. The highest BCUT2D eigenvalue weighted by molar-refractivity contribution is 5.90. The van der Waals surface area contributed by atoms with Crippen LogP contribution in [0.4, 0.5) is 16.0 Å². The summed E-state index contributed by atoms with van der Waals surface area (Å²) in [5.74, 6) is 0.545. The third kappa shape index (κ3) is 4.99. The summed E-state index contributed by atoms with van der Waals surface area (Å²) in [6.45, 7) is 8.58. The second-order valence-electron chi connectivity index (χ2n) is 8.87. The van der Waals surface area contributed by atoms with E-state index in [9.17, 15) is 9.18 Å². The number of hydrogen-bond acceptors (Lipinski definition) is 6. The number of nitrogens with one attached hydrogen (secondary N) is 1. The Hall–Kier alpha value is -3.06. The number of rotatable bonds is 5. The molecular formula is C24H27FN4O2. The summed E-state index contributed by atoms with van der Waals surface area (Å²) in [6, 6.07) is 9.64. The number of benzene rings is 2. The van der Waals surface area contributed by atoms with E-state index in [0.717, 1.165) is 37.6 Å². The van der Waals surface area contributed by atoms with Crippen molar-refractivity contribution in [2.24, 2.45) is 0 Å². The van der Waals surface area contributed by atoms with E-state index in [1.54, 1.807) is 30.5 Å². The first-order chi connectivity index (χ1) is 14.8. The lowest BCUT2D eigenvalue weighted by Gasteiger charge is -2.40. The number of aromatic nitrogens is 2. The molecule has 31 heavy (non-hydrogen) atoms. The van der Waals surface area contributed by atoms with Crippen molar-refractivity contribution in [2.45, 2.75) is 45.3 Å². The van der Waals surface area contributed by atoms with Gasteiger partial charge in [-0.25, -0.2) is 14.4 Å². The first kappa shape index (κ1) is 21.2. The van der Waals surface area contributed by atoms with E-state index in [1.165, 1.54) is 12.1 Å². The Bertz CT molecular complexity index is 1090. The van der Waals surface area contributed by atoms with Crippen molar-refractivity contribution >= 4 is 28.8 Å². The summed E-state index contributed by atoms with van der Waals surface area (Å²) in [5.41, 5.74) is 1.84. The van der Waals surface area contributed by atoms with Gasteiger partial charge in [0.2, 0.25) is 5.95 Å². The van der Waals surface area contributed by atoms with Gasteiger partial charge in [-0.1, -0.05) is 6.07 Å². The highest BCUT2D eigenvalue weighted by Crippen LogP contribution is 2.29. The van der Waals surface area contributed by atoms with Crippen molar-refractivity contribution < 1.29 is 13.9 Å². The maximum Gasteiger partial charge on any atom is 0.227 e. The molecule has 0 aliphatic carbocycles. The highest BCUT2D eigenvalue weighted by atomic mass is 19.1. The molecule has 6 nitrogen and oxygen atoms in total. The number of carbonyl (C=O) groups excluding carboxylic acids is 1.